The van der Waals surface area contributed by atoms with E-state index in [1.165, 1.54) is 6.20 Å². The Balaban J connectivity index is 2.55. The third-order valence-corrected chi connectivity index (χ3v) is 2.42. The van der Waals surface area contributed by atoms with Crippen LogP contribution < -0.4 is 10.1 Å². The SMILES string of the molecule is CCCC(CNc1cncc(OCC)n1)C(=O)O. The predicted molar refractivity (Wildman–Crippen MR) is 67.7 cm³/mol. The molecule has 1 atom stereocenters. The maximum absolute atomic E-state index is 11.0. The van der Waals surface area contributed by atoms with Crippen molar-refractivity contribution in [1.29, 1.82) is 0 Å². The number of carboxylic acid groups (broad SMARTS) is 1. The van der Waals surface area contributed by atoms with E-state index >= 15 is 0 Å². The van der Waals surface area contributed by atoms with E-state index in [9.17, 15) is 4.79 Å². The molecule has 0 fully saturated rings. The lowest BCUT2D eigenvalue weighted by Gasteiger charge is -2.12. The van der Waals surface area contributed by atoms with Gasteiger partial charge in [0.05, 0.1) is 24.9 Å². The van der Waals surface area contributed by atoms with E-state index < -0.39 is 11.9 Å². The fourth-order valence-corrected chi connectivity index (χ4v) is 1.54. The van der Waals surface area contributed by atoms with Crippen molar-refractivity contribution in [2.24, 2.45) is 5.92 Å². The minimum absolute atomic E-state index is 0.341. The summed E-state index contributed by atoms with van der Waals surface area (Å²) in [5.41, 5.74) is 0. The molecule has 0 bridgehead atoms. The number of hydrogen-bond donors (Lipinski definition) is 2. The quantitative estimate of drug-likeness (QED) is 0.734. The highest BCUT2D eigenvalue weighted by Crippen LogP contribution is 2.11. The van der Waals surface area contributed by atoms with Crippen LogP contribution in [-0.4, -0.2) is 34.2 Å². The van der Waals surface area contributed by atoms with Crippen LogP contribution in [0.25, 0.3) is 0 Å². The van der Waals surface area contributed by atoms with Gasteiger partial charge in [0.25, 0.3) is 0 Å². The van der Waals surface area contributed by atoms with Gasteiger partial charge in [-0.1, -0.05) is 13.3 Å². The summed E-state index contributed by atoms with van der Waals surface area (Å²) < 4.78 is 5.22. The van der Waals surface area contributed by atoms with Gasteiger partial charge in [-0.2, -0.15) is 4.98 Å². The minimum Gasteiger partial charge on any atom is -0.481 e. The first-order valence-corrected chi connectivity index (χ1v) is 6.08. The molecule has 1 rings (SSSR count). The van der Waals surface area contributed by atoms with Crippen LogP contribution in [0, 0.1) is 5.92 Å². The fraction of sp³-hybridized carbons (Fsp3) is 0.583. The number of nitrogens with zero attached hydrogens (tertiary/aromatic N) is 2. The van der Waals surface area contributed by atoms with E-state index in [2.05, 4.69) is 15.3 Å². The second-order valence-electron chi connectivity index (χ2n) is 3.88. The first-order chi connectivity index (χ1) is 8.67. The number of ether oxygens (including phenoxy) is 1. The number of carboxylic acids is 1. The number of nitrogens with one attached hydrogen (secondary N) is 1. The lowest BCUT2D eigenvalue weighted by molar-refractivity contribution is -0.141. The van der Waals surface area contributed by atoms with E-state index in [0.717, 1.165) is 6.42 Å². The van der Waals surface area contributed by atoms with E-state index in [0.29, 0.717) is 31.3 Å². The molecule has 6 nitrogen and oxygen atoms in total. The van der Waals surface area contributed by atoms with Crippen molar-refractivity contribution in [2.45, 2.75) is 26.7 Å². The van der Waals surface area contributed by atoms with Crippen molar-refractivity contribution in [2.75, 3.05) is 18.5 Å². The van der Waals surface area contributed by atoms with Gasteiger partial charge < -0.3 is 15.2 Å². The summed E-state index contributed by atoms with van der Waals surface area (Å²) in [4.78, 5) is 19.1. The molecule has 2 N–H and O–H groups in total. The normalized spacial score (nSPS) is 11.9. The van der Waals surface area contributed by atoms with Crippen molar-refractivity contribution < 1.29 is 14.6 Å². The molecule has 0 aliphatic heterocycles. The fourth-order valence-electron chi connectivity index (χ4n) is 1.54. The molecule has 100 valence electrons. The van der Waals surface area contributed by atoms with Crippen molar-refractivity contribution in [3.8, 4) is 5.88 Å². The number of rotatable bonds is 8. The first-order valence-electron chi connectivity index (χ1n) is 6.08. The smallest absolute Gasteiger partial charge is 0.308 e. The zero-order valence-electron chi connectivity index (χ0n) is 10.7. The maximum Gasteiger partial charge on any atom is 0.308 e. The molecule has 0 saturated carbocycles. The van der Waals surface area contributed by atoms with Crippen LogP contribution in [0.4, 0.5) is 5.82 Å². The summed E-state index contributed by atoms with van der Waals surface area (Å²) in [6.45, 7) is 4.69. The molecule has 6 heteroatoms. The molecule has 0 amide bonds. The van der Waals surface area contributed by atoms with Crippen molar-refractivity contribution in [1.82, 2.24) is 9.97 Å². The van der Waals surface area contributed by atoms with Crippen LogP contribution in [0.3, 0.4) is 0 Å². The molecule has 0 aliphatic rings. The van der Waals surface area contributed by atoms with Gasteiger partial charge in [0, 0.05) is 6.54 Å². The minimum atomic E-state index is -0.793. The van der Waals surface area contributed by atoms with Crippen molar-refractivity contribution >= 4 is 11.8 Å². The molecule has 1 aromatic heterocycles. The van der Waals surface area contributed by atoms with Gasteiger partial charge in [-0.15, -0.1) is 0 Å². The van der Waals surface area contributed by atoms with Crippen LogP contribution in [0.1, 0.15) is 26.7 Å². The number of aromatic nitrogens is 2. The largest absolute Gasteiger partial charge is 0.481 e. The number of carbonyl (C=O) groups is 1. The third-order valence-electron chi connectivity index (χ3n) is 2.42. The van der Waals surface area contributed by atoms with Gasteiger partial charge in [0.2, 0.25) is 5.88 Å². The Morgan fingerprint density at radius 3 is 2.89 bits per heavy atom. The zero-order chi connectivity index (χ0) is 13.4. The van der Waals surface area contributed by atoms with Crippen LogP contribution in [-0.2, 0) is 4.79 Å². The molecule has 0 aromatic carbocycles. The molecular weight excluding hydrogens is 234 g/mol. The average Bonchev–Trinajstić information content (AvgIpc) is 2.35. The lowest BCUT2D eigenvalue weighted by Crippen LogP contribution is -2.23. The van der Waals surface area contributed by atoms with E-state index in [1.807, 2.05) is 13.8 Å². The molecule has 1 heterocycles. The van der Waals surface area contributed by atoms with Gasteiger partial charge >= 0.3 is 5.97 Å². The summed E-state index contributed by atoms with van der Waals surface area (Å²) >= 11 is 0. The summed E-state index contributed by atoms with van der Waals surface area (Å²) in [7, 11) is 0. The van der Waals surface area contributed by atoms with Crippen LogP contribution >= 0.6 is 0 Å². The third kappa shape index (κ3) is 4.57. The maximum atomic E-state index is 11.0. The zero-order valence-corrected chi connectivity index (χ0v) is 10.7. The van der Waals surface area contributed by atoms with E-state index in [4.69, 9.17) is 9.84 Å². The Bertz CT molecular complexity index is 385. The Hall–Kier alpha value is -1.85. The van der Waals surface area contributed by atoms with Crippen LogP contribution in [0.2, 0.25) is 0 Å². The summed E-state index contributed by atoms with van der Waals surface area (Å²) in [5, 5.41) is 12.0. The summed E-state index contributed by atoms with van der Waals surface area (Å²) in [6.07, 6.45) is 4.55. The molecule has 18 heavy (non-hydrogen) atoms. The molecule has 1 aromatic rings. The van der Waals surface area contributed by atoms with Crippen LogP contribution in [0.15, 0.2) is 12.4 Å². The predicted octanol–water partition coefficient (Wildman–Crippen LogP) is 1.79. The summed E-state index contributed by atoms with van der Waals surface area (Å²) in [6, 6.07) is 0. The molecule has 0 spiro atoms. The summed E-state index contributed by atoms with van der Waals surface area (Å²) in [5.74, 6) is -0.237. The molecule has 0 radical (unpaired) electrons. The van der Waals surface area contributed by atoms with Gasteiger partial charge in [-0.3, -0.25) is 9.78 Å². The number of anilines is 1. The van der Waals surface area contributed by atoms with E-state index in [1.54, 1.807) is 6.20 Å². The molecule has 1 unspecified atom stereocenters. The van der Waals surface area contributed by atoms with E-state index in [-0.39, 0.29) is 0 Å². The van der Waals surface area contributed by atoms with Crippen molar-refractivity contribution in [3.05, 3.63) is 12.4 Å². The van der Waals surface area contributed by atoms with Gasteiger partial charge in [-0.05, 0) is 13.3 Å². The Morgan fingerprint density at radius 1 is 1.50 bits per heavy atom. The lowest BCUT2D eigenvalue weighted by atomic mass is 10.0. The molecule has 0 saturated heterocycles. The first kappa shape index (κ1) is 14.2. The van der Waals surface area contributed by atoms with Crippen molar-refractivity contribution in [3.63, 3.8) is 0 Å². The topological polar surface area (TPSA) is 84.3 Å². The Morgan fingerprint density at radius 2 is 2.28 bits per heavy atom. The van der Waals surface area contributed by atoms with Crippen LogP contribution in [0.5, 0.6) is 5.88 Å². The van der Waals surface area contributed by atoms with Gasteiger partial charge in [0.15, 0.2) is 0 Å². The number of hydrogen-bond acceptors (Lipinski definition) is 5. The monoisotopic (exact) mass is 253 g/mol. The Kier molecular flexibility index (Phi) is 5.90. The second-order valence-corrected chi connectivity index (χ2v) is 3.88. The molecule has 0 aliphatic carbocycles. The second kappa shape index (κ2) is 7.47. The standard InChI is InChI=1S/C12H19N3O3/c1-3-5-9(12(16)17)6-14-10-7-13-8-11(15-10)18-4-2/h7-9H,3-6H2,1-2H3,(H,14,15)(H,16,17). The highest BCUT2D eigenvalue weighted by molar-refractivity contribution is 5.70. The van der Waals surface area contributed by atoms with Gasteiger partial charge in [0.1, 0.15) is 5.82 Å². The van der Waals surface area contributed by atoms with Gasteiger partial charge in [-0.25, -0.2) is 0 Å². The number of aliphatic carboxylic acids is 1. The highest BCUT2D eigenvalue weighted by atomic mass is 16.5. The highest BCUT2D eigenvalue weighted by Gasteiger charge is 2.16. The Labute approximate surface area is 106 Å². The average molecular weight is 253 g/mol. The molecular formula is C12H19N3O3.